The van der Waals surface area contributed by atoms with E-state index in [2.05, 4.69) is 26.0 Å². The molecule has 1 aliphatic heterocycles. The Balaban J connectivity index is 1.87. The third-order valence-corrected chi connectivity index (χ3v) is 5.51. The number of benzene rings is 3. The van der Waals surface area contributed by atoms with Crippen molar-refractivity contribution in [2.75, 3.05) is 0 Å². The standard InChI is InChI=1S/C22H14BrN5O2/c23-15-7-8-18-16(10-15)19(17(11-24)22(25)30-18)20(27-28-26)21(29)14-6-5-12-3-1-2-4-13(12)9-14/h1-10,19-20H,25H2. The maximum Gasteiger partial charge on any atom is 0.205 e. The van der Waals surface area contributed by atoms with E-state index >= 15 is 0 Å². The Morgan fingerprint density at radius 3 is 2.70 bits per heavy atom. The van der Waals surface area contributed by atoms with Crippen molar-refractivity contribution in [3.05, 3.63) is 98.2 Å². The number of ether oxygens (including phenoxy) is 1. The van der Waals surface area contributed by atoms with Crippen molar-refractivity contribution in [2.24, 2.45) is 10.8 Å². The molecular formula is C22H14BrN5O2. The number of azide groups is 1. The summed E-state index contributed by atoms with van der Waals surface area (Å²) in [4.78, 5) is 16.3. The van der Waals surface area contributed by atoms with Crippen LogP contribution in [-0.2, 0) is 0 Å². The first kappa shape index (κ1) is 19.5. The zero-order valence-corrected chi connectivity index (χ0v) is 17.1. The number of nitriles is 1. The average Bonchev–Trinajstić information content (AvgIpc) is 2.76. The molecule has 2 N–H and O–H groups in total. The van der Waals surface area contributed by atoms with Gasteiger partial charge in [0.05, 0.1) is 5.57 Å². The van der Waals surface area contributed by atoms with Crippen molar-refractivity contribution < 1.29 is 9.53 Å². The summed E-state index contributed by atoms with van der Waals surface area (Å²) in [6.45, 7) is 0. The molecule has 0 saturated heterocycles. The van der Waals surface area contributed by atoms with Gasteiger partial charge in [-0.05, 0) is 40.6 Å². The van der Waals surface area contributed by atoms with Gasteiger partial charge < -0.3 is 10.5 Å². The summed E-state index contributed by atoms with van der Waals surface area (Å²) in [5.74, 6) is -0.978. The summed E-state index contributed by atoms with van der Waals surface area (Å²) in [5, 5.41) is 15.4. The first-order chi connectivity index (χ1) is 14.5. The highest BCUT2D eigenvalue weighted by atomic mass is 79.9. The van der Waals surface area contributed by atoms with Gasteiger partial charge in [0.15, 0.2) is 5.78 Å². The van der Waals surface area contributed by atoms with E-state index in [0.717, 1.165) is 15.2 Å². The molecule has 0 aliphatic carbocycles. The molecule has 30 heavy (non-hydrogen) atoms. The van der Waals surface area contributed by atoms with E-state index in [9.17, 15) is 15.6 Å². The molecule has 146 valence electrons. The molecule has 0 bridgehead atoms. The number of Topliss-reactive ketones (excluding diaryl/α,β-unsaturated/α-hetero) is 1. The Morgan fingerprint density at radius 1 is 1.20 bits per heavy atom. The number of nitrogens with two attached hydrogens (primary N) is 1. The highest BCUT2D eigenvalue weighted by Gasteiger charge is 2.39. The lowest BCUT2D eigenvalue weighted by Crippen LogP contribution is -2.32. The zero-order chi connectivity index (χ0) is 21.3. The summed E-state index contributed by atoms with van der Waals surface area (Å²) >= 11 is 3.40. The van der Waals surface area contributed by atoms with E-state index in [0.29, 0.717) is 16.9 Å². The molecule has 0 fully saturated rings. The van der Waals surface area contributed by atoms with E-state index < -0.39 is 17.7 Å². The van der Waals surface area contributed by atoms with Gasteiger partial charge in [0, 0.05) is 26.4 Å². The SMILES string of the molecule is N#CC1=C(N)Oc2ccc(Br)cc2C1C(N=[N+]=[N-])C(=O)c1ccc2ccccc2c1. The fourth-order valence-electron chi connectivity index (χ4n) is 3.63. The van der Waals surface area contributed by atoms with Crippen molar-refractivity contribution >= 4 is 32.5 Å². The lowest BCUT2D eigenvalue weighted by Gasteiger charge is -2.29. The van der Waals surface area contributed by atoms with E-state index in [4.69, 9.17) is 10.5 Å². The second-order valence-electron chi connectivity index (χ2n) is 6.73. The molecule has 0 aromatic heterocycles. The molecule has 0 amide bonds. The monoisotopic (exact) mass is 459 g/mol. The summed E-state index contributed by atoms with van der Waals surface area (Å²) < 4.78 is 6.29. The zero-order valence-electron chi connectivity index (χ0n) is 15.5. The molecule has 0 spiro atoms. The summed E-state index contributed by atoms with van der Waals surface area (Å²) in [6, 6.07) is 18.9. The maximum atomic E-state index is 13.5. The molecule has 1 aliphatic rings. The van der Waals surface area contributed by atoms with Gasteiger partial charge in [-0.2, -0.15) is 5.26 Å². The smallest absolute Gasteiger partial charge is 0.205 e. The van der Waals surface area contributed by atoms with Crippen LogP contribution in [0.25, 0.3) is 21.2 Å². The van der Waals surface area contributed by atoms with Crippen molar-refractivity contribution in [1.82, 2.24) is 0 Å². The van der Waals surface area contributed by atoms with Gasteiger partial charge in [-0.25, -0.2) is 0 Å². The predicted octanol–water partition coefficient (Wildman–Crippen LogP) is 5.33. The van der Waals surface area contributed by atoms with Crippen molar-refractivity contribution in [1.29, 1.82) is 5.26 Å². The van der Waals surface area contributed by atoms with Crippen molar-refractivity contribution in [3.63, 3.8) is 0 Å². The Labute approximate surface area is 180 Å². The van der Waals surface area contributed by atoms with E-state index in [1.807, 2.05) is 36.4 Å². The Hall–Kier alpha value is -3.79. The molecule has 2 atom stereocenters. The quantitative estimate of drug-likeness (QED) is 0.244. The number of halogens is 1. The fraction of sp³-hybridized carbons (Fsp3) is 0.0909. The molecule has 7 nitrogen and oxygen atoms in total. The summed E-state index contributed by atoms with van der Waals surface area (Å²) in [5.41, 5.74) is 16.1. The van der Waals surface area contributed by atoms with Crippen LogP contribution >= 0.6 is 15.9 Å². The highest BCUT2D eigenvalue weighted by molar-refractivity contribution is 9.10. The molecule has 0 radical (unpaired) electrons. The number of ketones is 1. The molecule has 0 saturated carbocycles. The molecule has 3 aromatic carbocycles. The third kappa shape index (κ3) is 3.37. The molecular weight excluding hydrogens is 446 g/mol. The number of rotatable bonds is 4. The Morgan fingerprint density at radius 2 is 1.97 bits per heavy atom. The first-order valence-corrected chi connectivity index (χ1v) is 9.77. The topological polar surface area (TPSA) is 125 Å². The Kier molecular flexibility index (Phi) is 5.15. The summed E-state index contributed by atoms with van der Waals surface area (Å²) in [6.07, 6.45) is 0. The molecule has 2 unspecified atom stereocenters. The maximum absolute atomic E-state index is 13.5. The van der Waals surface area contributed by atoms with Gasteiger partial charge in [0.1, 0.15) is 17.9 Å². The number of hydrogen-bond donors (Lipinski definition) is 1. The first-order valence-electron chi connectivity index (χ1n) is 8.97. The van der Waals surface area contributed by atoms with Crippen molar-refractivity contribution in [2.45, 2.75) is 12.0 Å². The lowest BCUT2D eigenvalue weighted by atomic mass is 9.80. The van der Waals surface area contributed by atoms with E-state index in [1.54, 1.807) is 30.3 Å². The van der Waals surface area contributed by atoms with Gasteiger partial charge in [0.25, 0.3) is 0 Å². The lowest BCUT2D eigenvalue weighted by molar-refractivity contribution is 0.0952. The summed E-state index contributed by atoms with van der Waals surface area (Å²) in [7, 11) is 0. The normalized spacial score (nSPS) is 16.1. The fourth-order valence-corrected chi connectivity index (χ4v) is 4.01. The highest BCUT2D eigenvalue weighted by Crippen LogP contribution is 2.43. The number of fused-ring (bicyclic) bond motifs is 2. The van der Waals surface area contributed by atoms with Crippen LogP contribution in [-0.4, -0.2) is 11.8 Å². The third-order valence-electron chi connectivity index (χ3n) is 5.02. The molecule has 8 heteroatoms. The van der Waals surface area contributed by atoms with Crippen LogP contribution in [0.1, 0.15) is 21.8 Å². The largest absolute Gasteiger partial charge is 0.440 e. The van der Waals surface area contributed by atoms with E-state index in [-0.39, 0.29) is 11.5 Å². The predicted molar refractivity (Wildman–Crippen MR) is 116 cm³/mol. The van der Waals surface area contributed by atoms with Gasteiger partial charge in [-0.3, -0.25) is 4.79 Å². The number of carbonyl (C=O) groups is 1. The minimum absolute atomic E-state index is 0.0483. The van der Waals surface area contributed by atoms with Crippen molar-refractivity contribution in [3.8, 4) is 11.8 Å². The van der Waals surface area contributed by atoms with Crippen LogP contribution in [0.4, 0.5) is 0 Å². The van der Waals surface area contributed by atoms with Crippen LogP contribution in [0, 0.1) is 11.3 Å². The Bertz CT molecular complexity index is 1300. The number of hydrogen-bond acceptors (Lipinski definition) is 5. The van der Waals surface area contributed by atoms with E-state index in [1.165, 1.54) is 0 Å². The van der Waals surface area contributed by atoms with Crippen LogP contribution in [0.3, 0.4) is 0 Å². The molecule has 1 heterocycles. The van der Waals surface area contributed by atoms with Crippen LogP contribution in [0.15, 0.2) is 81.7 Å². The van der Waals surface area contributed by atoms with Gasteiger partial charge in [0.2, 0.25) is 5.88 Å². The number of carbonyl (C=O) groups excluding carboxylic acids is 1. The molecule has 4 rings (SSSR count). The van der Waals surface area contributed by atoms with Crippen LogP contribution in [0.5, 0.6) is 5.75 Å². The minimum atomic E-state index is -1.21. The average molecular weight is 460 g/mol. The van der Waals surface area contributed by atoms with Gasteiger partial charge >= 0.3 is 0 Å². The number of nitrogens with zero attached hydrogens (tertiary/aromatic N) is 4. The minimum Gasteiger partial charge on any atom is -0.440 e. The second-order valence-corrected chi connectivity index (χ2v) is 7.64. The van der Waals surface area contributed by atoms with Crippen LogP contribution < -0.4 is 10.5 Å². The van der Waals surface area contributed by atoms with Gasteiger partial charge in [-0.1, -0.05) is 57.4 Å². The molecule has 3 aromatic rings. The second kappa shape index (κ2) is 7.91. The van der Waals surface area contributed by atoms with Gasteiger partial charge in [-0.15, -0.1) is 0 Å². The van der Waals surface area contributed by atoms with Crippen LogP contribution in [0.2, 0.25) is 0 Å².